The highest BCUT2D eigenvalue weighted by Gasteiger charge is 2.31. The molecule has 2 aliphatic rings. The summed E-state index contributed by atoms with van der Waals surface area (Å²) in [6.07, 6.45) is -0.370. The molecule has 1 aromatic rings. The lowest BCUT2D eigenvalue weighted by Crippen LogP contribution is -2.54. The number of fused-ring (bicyclic) bond motifs is 1. The molecule has 4 N–H and O–H groups in total. The van der Waals surface area contributed by atoms with Crippen molar-refractivity contribution in [1.82, 2.24) is 31.1 Å². The minimum Gasteiger partial charge on any atom is -0.491 e. The van der Waals surface area contributed by atoms with Crippen molar-refractivity contribution in [2.75, 3.05) is 46.4 Å². The average Bonchev–Trinajstić information content (AvgIpc) is 3.25. The van der Waals surface area contributed by atoms with Crippen LogP contribution in [0.2, 0.25) is 0 Å². The molecule has 0 spiro atoms. The molecule has 1 fully saturated rings. The Morgan fingerprint density at radius 3 is 2.58 bits per heavy atom. The molecule has 2 heterocycles. The highest BCUT2D eigenvalue weighted by Crippen LogP contribution is 2.19. The summed E-state index contributed by atoms with van der Waals surface area (Å²) in [5.74, 6) is -1.87. The molecular weight excluding hydrogens is 468 g/mol. The van der Waals surface area contributed by atoms with Crippen LogP contribution in [0.1, 0.15) is 30.6 Å². The smallest absolute Gasteiger partial charge is 0.317 e. The number of amides is 6. The summed E-state index contributed by atoms with van der Waals surface area (Å²) < 4.78 is 5.78. The van der Waals surface area contributed by atoms with Crippen LogP contribution >= 0.6 is 0 Å². The van der Waals surface area contributed by atoms with E-state index < -0.39 is 29.8 Å². The third-order valence-corrected chi connectivity index (χ3v) is 6.08. The Hall–Kier alpha value is -3.83. The zero-order valence-electron chi connectivity index (χ0n) is 20.8. The van der Waals surface area contributed by atoms with Gasteiger partial charge in [0, 0.05) is 33.2 Å². The van der Waals surface area contributed by atoms with Gasteiger partial charge in [0.15, 0.2) is 0 Å². The van der Waals surface area contributed by atoms with Crippen LogP contribution in [-0.2, 0) is 14.4 Å². The van der Waals surface area contributed by atoms with Gasteiger partial charge in [-0.25, -0.2) is 4.79 Å². The van der Waals surface area contributed by atoms with Gasteiger partial charge in [0.25, 0.3) is 5.91 Å². The standard InChI is InChI=1S/C24H34N6O6/c1-15(2)20-23(34)29(3)12-13-36-18-7-5-4-6-16(18)21(32)27-17(14-19(31)28-20)22(33)25-8-10-30-11-9-26-24(30)35/h4-7,15,17,20H,8-14H2,1-3H3,(H,25,33)(H,26,35)(H,27,32)(H,28,31)/t17-,20-/m0/s1. The lowest BCUT2D eigenvalue weighted by molar-refractivity contribution is -0.137. The van der Waals surface area contributed by atoms with E-state index in [9.17, 15) is 24.0 Å². The first-order valence-corrected chi connectivity index (χ1v) is 12.0. The van der Waals surface area contributed by atoms with Crippen molar-refractivity contribution in [3.63, 3.8) is 0 Å². The number of ether oxygens (including phenoxy) is 1. The Bertz CT molecular complexity index is 999. The maximum Gasteiger partial charge on any atom is 0.317 e. The number of likely N-dealkylation sites (N-methyl/N-ethyl adjacent to an activating group) is 1. The predicted octanol–water partition coefficient (Wildman–Crippen LogP) is -0.692. The minimum atomic E-state index is -1.21. The van der Waals surface area contributed by atoms with E-state index in [0.29, 0.717) is 18.8 Å². The number of para-hydroxylation sites is 1. The number of nitrogens with one attached hydrogen (secondary N) is 4. The lowest BCUT2D eigenvalue weighted by Gasteiger charge is -2.28. The van der Waals surface area contributed by atoms with Crippen LogP contribution in [0, 0.1) is 5.92 Å². The molecule has 0 saturated carbocycles. The molecule has 2 aliphatic heterocycles. The topological polar surface area (TPSA) is 149 Å². The van der Waals surface area contributed by atoms with Gasteiger partial charge in [0.1, 0.15) is 24.4 Å². The fraction of sp³-hybridized carbons (Fsp3) is 0.542. The van der Waals surface area contributed by atoms with E-state index in [1.54, 1.807) is 36.2 Å². The Kier molecular flexibility index (Phi) is 9.09. The number of rotatable bonds is 5. The summed E-state index contributed by atoms with van der Waals surface area (Å²) in [6.45, 7) is 5.54. The summed E-state index contributed by atoms with van der Waals surface area (Å²) in [5, 5.41) is 10.7. The maximum atomic E-state index is 13.1. The van der Waals surface area contributed by atoms with Crippen molar-refractivity contribution in [2.45, 2.75) is 32.4 Å². The Morgan fingerprint density at radius 2 is 1.89 bits per heavy atom. The summed E-state index contributed by atoms with van der Waals surface area (Å²) >= 11 is 0. The lowest BCUT2D eigenvalue weighted by atomic mass is 10.0. The SMILES string of the molecule is CC(C)[C@@H]1NC(=O)C[C@@H](C(=O)NCCN2CCNC2=O)NC(=O)c2ccccc2OCCN(C)C1=O. The van der Waals surface area contributed by atoms with Crippen molar-refractivity contribution >= 4 is 29.7 Å². The van der Waals surface area contributed by atoms with Gasteiger partial charge < -0.3 is 35.8 Å². The number of nitrogens with zero attached hydrogens (tertiary/aromatic N) is 2. The van der Waals surface area contributed by atoms with Gasteiger partial charge in [-0.15, -0.1) is 0 Å². The highest BCUT2D eigenvalue weighted by atomic mass is 16.5. The zero-order chi connectivity index (χ0) is 26.2. The first-order chi connectivity index (χ1) is 17.2. The van der Waals surface area contributed by atoms with E-state index >= 15 is 0 Å². The third kappa shape index (κ3) is 6.86. The number of hydrogen-bond acceptors (Lipinski definition) is 6. The highest BCUT2D eigenvalue weighted by molar-refractivity contribution is 6.01. The molecule has 0 aliphatic carbocycles. The Labute approximate surface area is 210 Å². The number of benzene rings is 1. The first-order valence-electron chi connectivity index (χ1n) is 12.0. The predicted molar refractivity (Wildman–Crippen MR) is 130 cm³/mol. The molecular formula is C24H34N6O6. The van der Waals surface area contributed by atoms with Crippen molar-refractivity contribution in [2.24, 2.45) is 5.92 Å². The average molecular weight is 503 g/mol. The molecule has 1 saturated heterocycles. The molecule has 36 heavy (non-hydrogen) atoms. The van der Waals surface area contributed by atoms with Crippen molar-refractivity contribution in [1.29, 1.82) is 0 Å². The van der Waals surface area contributed by atoms with Gasteiger partial charge >= 0.3 is 6.03 Å². The number of carbonyl (C=O) groups excluding carboxylic acids is 5. The molecule has 12 heteroatoms. The van der Waals surface area contributed by atoms with E-state index in [-0.39, 0.29) is 56.1 Å². The molecule has 6 amide bonds. The fourth-order valence-corrected chi connectivity index (χ4v) is 3.96. The summed E-state index contributed by atoms with van der Waals surface area (Å²) in [5.41, 5.74) is 0.204. The molecule has 2 atom stereocenters. The quantitative estimate of drug-likeness (QED) is 0.419. The summed E-state index contributed by atoms with van der Waals surface area (Å²) in [4.78, 5) is 66.7. The van der Waals surface area contributed by atoms with Gasteiger partial charge in [-0.2, -0.15) is 0 Å². The molecule has 1 aromatic carbocycles. The second-order valence-corrected chi connectivity index (χ2v) is 9.13. The summed E-state index contributed by atoms with van der Waals surface area (Å²) in [7, 11) is 1.62. The van der Waals surface area contributed by atoms with Crippen LogP contribution < -0.4 is 26.0 Å². The van der Waals surface area contributed by atoms with Gasteiger partial charge in [0.2, 0.25) is 17.7 Å². The fourth-order valence-electron chi connectivity index (χ4n) is 3.96. The van der Waals surface area contributed by atoms with Crippen LogP contribution in [0.5, 0.6) is 5.75 Å². The van der Waals surface area contributed by atoms with Gasteiger partial charge in [-0.1, -0.05) is 26.0 Å². The minimum absolute atomic E-state index is 0.138. The van der Waals surface area contributed by atoms with Crippen LogP contribution in [0.25, 0.3) is 0 Å². The summed E-state index contributed by atoms with van der Waals surface area (Å²) in [6, 6.07) is 4.35. The van der Waals surface area contributed by atoms with Gasteiger partial charge in [-0.05, 0) is 18.1 Å². The van der Waals surface area contributed by atoms with Crippen molar-refractivity contribution < 1.29 is 28.7 Å². The first kappa shape index (κ1) is 26.8. The van der Waals surface area contributed by atoms with Crippen molar-refractivity contribution in [3.8, 4) is 5.75 Å². The molecule has 0 unspecified atom stereocenters. The van der Waals surface area contributed by atoms with Crippen LogP contribution in [0.15, 0.2) is 24.3 Å². The van der Waals surface area contributed by atoms with E-state index in [1.165, 1.54) is 4.90 Å². The van der Waals surface area contributed by atoms with Crippen LogP contribution in [0.3, 0.4) is 0 Å². The molecule has 12 nitrogen and oxygen atoms in total. The number of urea groups is 1. The Balaban J connectivity index is 1.80. The third-order valence-electron chi connectivity index (χ3n) is 6.08. The van der Waals surface area contributed by atoms with E-state index in [0.717, 1.165) is 0 Å². The molecule has 0 aromatic heterocycles. The second-order valence-electron chi connectivity index (χ2n) is 9.13. The molecule has 196 valence electrons. The van der Waals surface area contributed by atoms with Crippen LogP contribution in [-0.4, -0.2) is 97.9 Å². The van der Waals surface area contributed by atoms with E-state index in [4.69, 9.17) is 4.74 Å². The van der Waals surface area contributed by atoms with Crippen LogP contribution in [0.4, 0.5) is 4.79 Å². The monoisotopic (exact) mass is 502 g/mol. The zero-order valence-corrected chi connectivity index (χ0v) is 20.8. The largest absolute Gasteiger partial charge is 0.491 e. The second kappa shape index (κ2) is 12.2. The number of carbonyl (C=O) groups is 5. The normalized spacial score (nSPS) is 21.7. The van der Waals surface area contributed by atoms with Gasteiger partial charge in [-0.3, -0.25) is 19.2 Å². The van der Waals surface area contributed by atoms with E-state index in [1.807, 2.05) is 13.8 Å². The number of hydrogen-bond donors (Lipinski definition) is 4. The van der Waals surface area contributed by atoms with E-state index in [2.05, 4.69) is 21.3 Å². The Morgan fingerprint density at radius 1 is 1.14 bits per heavy atom. The van der Waals surface area contributed by atoms with Gasteiger partial charge in [0.05, 0.1) is 18.5 Å². The molecule has 3 rings (SSSR count). The molecule has 0 bridgehead atoms. The van der Waals surface area contributed by atoms with Crippen molar-refractivity contribution in [3.05, 3.63) is 29.8 Å². The molecule has 0 radical (unpaired) electrons. The maximum absolute atomic E-state index is 13.1.